The van der Waals surface area contributed by atoms with E-state index in [1.54, 1.807) is 30.3 Å². The number of anilines is 1. The third kappa shape index (κ3) is 4.35. The highest BCUT2D eigenvalue weighted by Gasteiger charge is 2.10. The molecule has 2 aromatic carbocycles. The van der Waals surface area contributed by atoms with Gasteiger partial charge in [0.1, 0.15) is 18.1 Å². The first-order chi connectivity index (χ1) is 11.1. The molecule has 0 unspecified atom stereocenters. The third-order valence-electron chi connectivity index (χ3n) is 3.06. The molecule has 0 bridgehead atoms. The molecule has 0 saturated heterocycles. The van der Waals surface area contributed by atoms with Gasteiger partial charge in [0, 0.05) is 18.7 Å². The lowest BCUT2D eigenvalue weighted by molar-refractivity contribution is -0.384. The minimum Gasteiger partial charge on any atom is -0.495 e. The molecule has 0 aliphatic heterocycles. The van der Waals surface area contributed by atoms with Crippen molar-refractivity contribution in [2.45, 2.75) is 0 Å². The minimum atomic E-state index is -0.460. The first-order valence-corrected chi connectivity index (χ1v) is 6.83. The number of benzene rings is 2. The lowest BCUT2D eigenvalue weighted by Gasteiger charge is -2.11. The Morgan fingerprint density at radius 1 is 1.26 bits per heavy atom. The van der Waals surface area contributed by atoms with Crippen LogP contribution >= 0.6 is 0 Å². The van der Waals surface area contributed by atoms with Crippen LogP contribution in [0.2, 0.25) is 0 Å². The zero-order valence-electron chi connectivity index (χ0n) is 12.5. The molecule has 23 heavy (non-hydrogen) atoms. The van der Waals surface area contributed by atoms with E-state index in [0.717, 1.165) is 0 Å². The predicted molar refractivity (Wildman–Crippen MR) is 84.8 cm³/mol. The number of nitro benzene ring substituents is 1. The van der Waals surface area contributed by atoms with E-state index >= 15 is 0 Å². The molecule has 1 N–H and O–H groups in total. The van der Waals surface area contributed by atoms with E-state index in [1.165, 1.54) is 19.2 Å². The summed E-state index contributed by atoms with van der Waals surface area (Å²) >= 11 is 0. The van der Waals surface area contributed by atoms with Crippen LogP contribution in [-0.2, 0) is 0 Å². The Bertz CT molecular complexity index is 723. The van der Waals surface area contributed by atoms with Crippen LogP contribution in [0.25, 0.3) is 0 Å². The molecular weight excluding hydrogens is 298 g/mol. The van der Waals surface area contributed by atoms with Crippen molar-refractivity contribution in [2.75, 3.05) is 25.6 Å². The van der Waals surface area contributed by atoms with Crippen LogP contribution < -0.4 is 14.8 Å². The third-order valence-corrected chi connectivity index (χ3v) is 3.06. The van der Waals surface area contributed by atoms with Gasteiger partial charge in [-0.15, -0.1) is 0 Å². The number of nitro groups is 1. The fraction of sp³-hybridized carbons (Fsp3) is 0.188. The first-order valence-electron chi connectivity index (χ1n) is 6.83. The van der Waals surface area contributed by atoms with Crippen molar-refractivity contribution in [1.29, 1.82) is 5.26 Å². The Kier molecular flexibility index (Phi) is 5.36. The average molecular weight is 313 g/mol. The van der Waals surface area contributed by atoms with E-state index in [2.05, 4.69) is 5.32 Å². The molecular formula is C16H15N3O4. The summed E-state index contributed by atoms with van der Waals surface area (Å²) in [7, 11) is 1.50. The number of ether oxygens (including phenoxy) is 2. The van der Waals surface area contributed by atoms with Gasteiger partial charge in [0.25, 0.3) is 5.69 Å². The van der Waals surface area contributed by atoms with Gasteiger partial charge in [-0.1, -0.05) is 0 Å². The standard InChI is InChI=1S/C16H15N3O4/c1-22-16-7-4-13(19(20)21)10-15(16)18-8-9-23-14-5-2-12(11-17)3-6-14/h2-7,10,18H,8-9H2,1H3. The van der Waals surface area contributed by atoms with E-state index in [-0.39, 0.29) is 5.69 Å². The molecule has 0 aliphatic carbocycles. The number of rotatable bonds is 7. The molecule has 0 spiro atoms. The highest BCUT2D eigenvalue weighted by atomic mass is 16.6. The van der Waals surface area contributed by atoms with Crippen molar-refractivity contribution in [3.05, 3.63) is 58.1 Å². The van der Waals surface area contributed by atoms with Gasteiger partial charge in [-0.2, -0.15) is 5.26 Å². The summed E-state index contributed by atoms with van der Waals surface area (Å²) < 4.78 is 10.7. The minimum absolute atomic E-state index is 0.0127. The number of methoxy groups -OCH3 is 1. The van der Waals surface area contributed by atoms with E-state index in [0.29, 0.717) is 35.9 Å². The monoisotopic (exact) mass is 313 g/mol. The topological polar surface area (TPSA) is 97.4 Å². The number of nitrogens with zero attached hydrogens (tertiary/aromatic N) is 2. The molecule has 0 aromatic heterocycles. The van der Waals surface area contributed by atoms with E-state index < -0.39 is 4.92 Å². The summed E-state index contributed by atoms with van der Waals surface area (Å²) in [6.07, 6.45) is 0. The fourth-order valence-electron chi connectivity index (χ4n) is 1.93. The quantitative estimate of drug-likeness (QED) is 0.479. The van der Waals surface area contributed by atoms with E-state index in [1.807, 2.05) is 6.07 Å². The van der Waals surface area contributed by atoms with Gasteiger partial charge in [0.2, 0.25) is 0 Å². The summed E-state index contributed by atoms with van der Waals surface area (Å²) in [5.41, 5.74) is 1.09. The van der Waals surface area contributed by atoms with Gasteiger partial charge in [-0.25, -0.2) is 0 Å². The Labute approximate surface area is 133 Å². The molecule has 0 heterocycles. The molecule has 0 fully saturated rings. The van der Waals surface area contributed by atoms with Gasteiger partial charge < -0.3 is 14.8 Å². The van der Waals surface area contributed by atoms with Gasteiger partial charge in [0.15, 0.2) is 0 Å². The number of non-ortho nitro benzene ring substituents is 1. The van der Waals surface area contributed by atoms with Gasteiger partial charge in [-0.3, -0.25) is 10.1 Å². The Morgan fingerprint density at radius 3 is 2.61 bits per heavy atom. The molecule has 7 heteroatoms. The molecule has 0 amide bonds. The van der Waals surface area contributed by atoms with Gasteiger partial charge >= 0.3 is 0 Å². The lowest BCUT2D eigenvalue weighted by atomic mass is 10.2. The van der Waals surface area contributed by atoms with Crippen LogP contribution in [0, 0.1) is 21.4 Å². The normalized spacial score (nSPS) is 9.74. The summed E-state index contributed by atoms with van der Waals surface area (Å²) in [4.78, 5) is 10.3. The maximum Gasteiger partial charge on any atom is 0.271 e. The van der Waals surface area contributed by atoms with Crippen LogP contribution in [0.5, 0.6) is 11.5 Å². The van der Waals surface area contributed by atoms with Crippen molar-refractivity contribution in [1.82, 2.24) is 0 Å². The first kappa shape index (κ1) is 16.1. The Morgan fingerprint density at radius 2 is 2.00 bits per heavy atom. The smallest absolute Gasteiger partial charge is 0.271 e. The number of hydrogen-bond donors (Lipinski definition) is 1. The second-order valence-electron chi connectivity index (χ2n) is 4.55. The number of nitriles is 1. The van der Waals surface area contributed by atoms with Crippen LogP contribution in [0.1, 0.15) is 5.56 Å². The summed E-state index contributed by atoms with van der Waals surface area (Å²) in [5.74, 6) is 1.17. The second-order valence-corrected chi connectivity index (χ2v) is 4.55. The highest BCUT2D eigenvalue weighted by molar-refractivity contribution is 5.61. The zero-order valence-corrected chi connectivity index (χ0v) is 12.5. The second kappa shape index (κ2) is 7.66. The zero-order chi connectivity index (χ0) is 16.7. The fourth-order valence-corrected chi connectivity index (χ4v) is 1.93. The molecule has 0 saturated carbocycles. The number of hydrogen-bond acceptors (Lipinski definition) is 6. The number of nitrogens with one attached hydrogen (secondary N) is 1. The molecule has 0 aliphatic rings. The van der Waals surface area contributed by atoms with Crippen LogP contribution in [-0.4, -0.2) is 25.2 Å². The Balaban J connectivity index is 1.91. The van der Waals surface area contributed by atoms with Crippen molar-refractivity contribution in [3.8, 4) is 17.6 Å². The maximum atomic E-state index is 10.8. The van der Waals surface area contributed by atoms with Crippen molar-refractivity contribution >= 4 is 11.4 Å². The Hall–Kier alpha value is -3.27. The highest BCUT2D eigenvalue weighted by Crippen LogP contribution is 2.28. The van der Waals surface area contributed by atoms with Crippen molar-refractivity contribution in [2.24, 2.45) is 0 Å². The van der Waals surface area contributed by atoms with Gasteiger partial charge in [-0.05, 0) is 30.3 Å². The molecule has 7 nitrogen and oxygen atoms in total. The van der Waals surface area contributed by atoms with Gasteiger partial charge in [0.05, 0.1) is 29.4 Å². The SMILES string of the molecule is COc1ccc([N+](=O)[O-])cc1NCCOc1ccc(C#N)cc1. The summed E-state index contributed by atoms with van der Waals surface area (Å²) in [6, 6.07) is 13.2. The van der Waals surface area contributed by atoms with Crippen LogP contribution in [0.3, 0.4) is 0 Å². The largest absolute Gasteiger partial charge is 0.495 e. The molecule has 0 atom stereocenters. The maximum absolute atomic E-state index is 10.8. The van der Waals surface area contributed by atoms with E-state index in [9.17, 15) is 10.1 Å². The van der Waals surface area contributed by atoms with Crippen molar-refractivity contribution < 1.29 is 14.4 Å². The average Bonchev–Trinajstić information content (AvgIpc) is 2.59. The van der Waals surface area contributed by atoms with Crippen LogP contribution in [0.4, 0.5) is 11.4 Å². The van der Waals surface area contributed by atoms with Crippen molar-refractivity contribution in [3.63, 3.8) is 0 Å². The molecule has 0 radical (unpaired) electrons. The molecule has 2 aromatic rings. The molecule has 2 rings (SSSR count). The predicted octanol–water partition coefficient (Wildman–Crippen LogP) is 2.97. The summed E-state index contributed by atoms with van der Waals surface area (Å²) in [5, 5.41) is 22.6. The summed E-state index contributed by atoms with van der Waals surface area (Å²) in [6.45, 7) is 0.801. The molecule has 118 valence electrons. The van der Waals surface area contributed by atoms with Crippen LogP contribution in [0.15, 0.2) is 42.5 Å². The van der Waals surface area contributed by atoms with E-state index in [4.69, 9.17) is 14.7 Å². The lowest BCUT2D eigenvalue weighted by Crippen LogP contribution is -2.12.